The van der Waals surface area contributed by atoms with Gasteiger partial charge in [-0.25, -0.2) is 4.39 Å². The molecule has 3 N–H and O–H groups in total. The third-order valence-electron chi connectivity index (χ3n) is 3.39. The number of halogens is 4. The largest absolute Gasteiger partial charge is 0.389 e. The Kier molecular flexibility index (Phi) is 6.74. The molecule has 0 aliphatic carbocycles. The van der Waals surface area contributed by atoms with Crippen molar-refractivity contribution in [3.8, 4) is 0 Å². The highest BCUT2D eigenvalue weighted by atomic mass is 35.5. The number of amides is 1. The molecule has 0 saturated heterocycles. The second kappa shape index (κ2) is 8.44. The zero-order chi connectivity index (χ0) is 19.5. The lowest BCUT2D eigenvalue weighted by Gasteiger charge is -2.18. The van der Waals surface area contributed by atoms with Gasteiger partial charge in [0.05, 0.1) is 27.8 Å². The number of benzene rings is 2. The zero-order valence-corrected chi connectivity index (χ0v) is 16.4. The highest BCUT2D eigenvalue weighted by molar-refractivity contribution is 6.41. The molecule has 26 heavy (non-hydrogen) atoms. The Balaban J connectivity index is 2.16. The van der Waals surface area contributed by atoms with E-state index in [0.29, 0.717) is 26.4 Å². The van der Waals surface area contributed by atoms with Gasteiger partial charge >= 0.3 is 0 Å². The summed E-state index contributed by atoms with van der Waals surface area (Å²) in [5.41, 5.74) is 0.105. The summed E-state index contributed by atoms with van der Waals surface area (Å²) in [5.74, 6) is -0.909. The van der Waals surface area contributed by atoms with E-state index < -0.39 is 17.3 Å². The van der Waals surface area contributed by atoms with E-state index in [1.807, 2.05) is 0 Å². The van der Waals surface area contributed by atoms with Crippen molar-refractivity contribution in [1.82, 2.24) is 5.32 Å². The first-order valence-corrected chi connectivity index (χ1v) is 8.87. The van der Waals surface area contributed by atoms with Crippen LogP contribution in [0.3, 0.4) is 0 Å². The third kappa shape index (κ3) is 6.02. The molecule has 2 rings (SSSR count). The van der Waals surface area contributed by atoms with Gasteiger partial charge in [-0.05, 0) is 49.7 Å². The lowest BCUT2D eigenvalue weighted by Crippen LogP contribution is -2.38. The van der Waals surface area contributed by atoms with E-state index in [-0.39, 0.29) is 18.5 Å². The first-order chi connectivity index (χ1) is 12.0. The lowest BCUT2D eigenvalue weighted by molar-refractivity contribution is -0.121. The van der Waals surface area contributed by atoms with Gasteiger partial charge in [-0.3, -0.25) is 4.79 Å². The minimum Gasteiger partial charge on any atom is -0.389 e. The van der Waals surface area contributed by atoms with Crippen LogP contribution >= 0.6 is 34.8 Å². The van der Waals surface area contributed by atoms with Gasteiger partial charge in [0, 0.05) is 17.3 Å². The maximum Gasteiger partial charge on any atom is 0.224 e. The van der Waals surface area contributed by atoms with E-state index in [4.69, 9.17) is 34.8 Å². The van der Waals surface area contributed by atoms with Gasteiger partial charge in [-0.1, -0.05) is 34.8 Å². The Morgan fingerprint density at radius 3 is 2.35 bits per heavy atom. The summed E-state index contributed by atoms with van der Waals surface area (Å²) >= 11 is 18.1. The predicted molar refractivity (Wildman–Crippen MR) is 104 cm³/mol. The molecule has 1 amide bonds. The Morgan fingerprint density at radius 2 is 1.77 bits per heavy atom. The molecular formula is C18H18Cl3FN2O2. The van der Waals surface area contributed by atoms with Crippen molar-refractivity contribution in [1.29, 1.82) is 0 Å². The molecule has 0 spiro atoms. The minimum atomic E-state index is -1.04. The van der Waals surface area contributed by atoms with Crippen molar-refractivity contribution in [3.63, 3.8) is 0 Å². The molecule has 0 saturated carbocycles. The molecular weight excluding hydrogens is 402 g/mol. The Morgan fingerprint density at radius 1 is 1.15 bits per heavy atom. The fourth-order valence-corrected chi connectivity index (χ4v) is 3.06. The predicted octanol–water partition coefficient (Wildman–Crippen LogP) is 4.96. The number of carbonyl (C=O) groups excluding carboxylic acids is 1. The monoisotopic (exact) mass is 418 g/mol. The van der Waals surface area contributed by atoms with Gasteiger partial charge in [-0.2, -0.15) is 0 Å². The van der Waals surface area contributed by atoms with Crippen LogP contribution < -0.4 is 10.6 Å². The van der Waals surface area contributed by atoms with Crippen LogP contribution in [0.4, 0.5) is 15.8 Å². The average molecular weight is 420 g/mol. The lowest BCUT2D eigenvalue weighted by atomic mass is 10.1. The molecule has 0 atom stereocenters. The van der Waals surface area contributed by atoms with E-state index in [9.17, 15) is 14.3 Å². The number of hydrogen-bond acceptors (Lipinski definition) is 3. The molecule has 0 heterocycles. The Hall–Kier alpha value is -1.53. The van der Waals surface area contributed by atoms with Crippen LogP contribution in [0, 0.1) is 5.82 Å². The number of nitrogens with one attached hydrogen (secondary N) is 2. The third-order valence-corrected chi connectivity index (χ3v) is 4.21. The van der Waals surface area contributed by atoms with Crippen LogP contribution in [-0.2, 0) is 11.2 Å². The summed E-state index contributed by atoms with van der Waals surface area (Å²) in [7, 11) is 0. The van der Waals surface area contributed by atoms with Crippen molar-refractivity contribution in [2.45, 2.75) is 25.9 Å². The molecule has 8 heteroatoms. The van der Waals surface area contributed by atoms with Crippen LogP contribution in [0.5, 0.6) is 0 Å². The molecule has 140 valence electrons. The van der Waals surface area contributed by atoms with Crippen molar-refractivity contribution >= 4 is 52.1 Å². The normalized spacial score (nSPS) is 11.3. The van der Waals surface area contributed by atoms with Gasteiger partial charge in [-0.15, -0.1) is 0 Å². The Labute approximate surface area is 166 Å². The van der Waals surface area contributed by atoms with Gasteiger partial charge in [0.2, 0.25) is 5.91 Å². The highest BCUT2D eigenvalue weighted by Crippen LogP contribution is 2.36. The van der Waals surface area contributed by atoms with Crippen LogP contribution in [0.2, 0.25) is 15.1 Å². The van der Waals surface area contributed by atoms with E-state index >= 15 is 0 Å². The van der Waals surface area contributed by atoms with E-state index in [2.05, 4.69) is 10.6 Å². The fourth-order valence-electron chi connectivity index (χ4n) is 2.14. The van der Waals surface area contributed by atoms with Gasteiger partial charge in [0.15, 0.2) is 0 Å². The number of carbonyl (C=O) groups is 1. The fraction of sp³-hybridized carbons (Fsp3) is 0.278. The molecule has 0 aromatic heterocycles. The standard InChI is InChI=1S/C18H18Cl3FN2O2/c1-18(2,26)9-23-16(25)6-10-5-12(3-4-15(10)22)24-17-13(20)7-11(19)8-14(17)21/h3-5,7-8,24,26H,6,9H2,1-2H3,(H,23,25). The van der Waals surface area contributed by atoms with Crippen LogP contribution in [0.25, 0.3) is 0 Å². The zero-order valence-electron chi connectivity index (χ0n) is 14.2. The van der Waals surface area contributed by atoms with E-state index in [0.717, 1.165) is 0 Å². The molecule has 2 aromatic rings. The number of hydrogen-bond donors (Lipinski definition) is 3. The van der Waals surface area contributed by atoms with Crippen molar-refractivity contribution in [2.75, 3.05) is 11.9 Å². The van der Waals surface area contributed by atoms with Crippen LogP contribution in [0.15, 0.2) is 30.3 Å². The van der Waals surface area contributed by atoms with Gasteiger partial charge in [0.1, 0.15) is 5.82 Å². The summed E-state index contributed by atoms with van der Waals surface area (Å²) in [6.07, 6.45) is -0.167. The number of anilines is 2. The quantitative estimate of drug-likeness (QED) is 0.620. The first-order valence-electron chi connectivity index (χ1n) is 7.74. The van der Waals surface area contributed by atoms with Gasteiger partial charge in [0.25, 0.3) is 0 Å². The van der Waals surface area contributed by atoms with Crippen molar-refractivity contribution in [3.05, 3.63) is 56.8 Å². The molecule has 0 aliphatic rings. The SMILES string of the molecule is CC(C)(O)CNC(=O)Cc1cc(Nc2c(Cl)cc(Cl)cc2Cl)ccc1F. The minimum absolute atomic E-state index is 0.0708. The summed E-state index contributed by atoms with van der Waals surface area (Å²) in [6, 6.07) is 7.32. The molecule has 0 radical (unpaired) electrons. The topological polar surface area (TPSA) is 61.4 Å². The molecule has 0 bridgehead atoms. The smallest absolute Gasteiger partial charge is 0.224 e. The maximum absolute atomic E-state index is 14.0. The van der Waals surface area contributed by atoms with E-state index in [1.54, 1.807) is 13.8 Å². The second-order valence-corrected chi connectivity index (χ2v) is 7.69. The van der Waals surface area contributed by atoms with Gasteiger partial charge < -0.3 is 15.7 Å². The summed E-state index contributed by atoms with van der Waals surface area (Å²) in [4.78, 5) is 12.0. The molecule has 0 unspecified atom stereocenters. The molecule has 2 aromatic carbocycles. The Bertz CT molecular complexity index is 800. The summed E-state index contributed by atoms with van der Waals surface area (Å²) in [5, 5.41) is 16.2. The first kappa shape index (κ1) is 20.8. The molecule has 4 nitrogen and oxygen atoms in total. The maximum atomic E-state index is 14.0. The van der Waals surface area contributed by atoms with Crippen molar-refractivity contribution in [2.24, 2.45) is 0 Å². The van der Waals surface area contributed by atoms with Crippen molar-refractivity contribution < 1.29 is 14.3 Å². The summed E-state index contributed by atoms with van der Waals surface area (Å²) in [6.45, 7) is 3.21. The number of aliphatic hydroxyl groups is 1. The molecule has 0 aliphatic heterocycles. The van der Waals surface area contributed by atoms with Crippen LogP contribution in [0.1, 0.15) is 19.4 Å². The molecule has 0 fully saturated rings. The van der Waals surface area contributed by atoms with Crippen LogP contribution in [-0.4, -0.2) is 23.2 Å². The van der Waals surface area contributed by atoms with E-state index in [1.165, 1.54) is 30.3 Å². The average Bonchev–Trinajstić information content (AvgIpc) is 2.51. The number of rotatable bonds is 6. The highest BCUT2D eigenvalue weighted by Gasteiger charge is 2.16. The summed E-state index contributed by atoms with van der Waals surface area (Å²) < 4.78 is 14.0. The second-order valence-electron chi connectivity index (χ2n) is 6.44.